The number of ether oxygens (including phenoxy) is 4. The van der Waals surface area contributed by atoms with Crippen molar-refractivity contribution in [3.05, 3.63) is 136 Å². The molecule has 0 radical (unpaired) electrons. The van der Waals surface area contributed by atoms with Crippen LogP contribution in [0, 0.1) is 0 Å². The fourth-order valence-electron chi connectivity index (χ4n) is 4.48. The Morgan fingerprint density at radius 2 is 1.23 bits per heavy atom. The van der Waals surface area contributed by atoms with Crippen LogP contribution in [-0.4, -0.2) is 58.3 Å². The average molecular weight is 584 g/mol. The molecule has 1 fully saturated rings. The lowest BCUT2D eigenvalue weighted by Gasteiger charge is -2.25. The summed E-state index contributed by atoms with van der Waals surface area (Å²) < 4.78 is 24.2. The fraction of sp³-hybridized carbons (Fsp3) is 0.161. The number of esters is 3. The Morgan fingerprint density at radius 3 is 1.74 bits per heavy atom. The zero-order chi connectivity index (χ0) is 30.3. The van der Waals surface area contributed by atoms with E-state index in [1.54, 1.807) is 66.7 Å². The summed E-state index contributed by atoms with van der Waals surface area (Å²) in [5, 5.41) is 0. The SMILES string of the molecule is NC(=O)c1nccn([C@@H]2O[C@H](COC(=O)c3ccccc3)[C@H](OC(=O)c3ccccc3)[C@@H]2OC(=O)c2ccccc2)c1=O. The minimum atomic E-state index is -1.44. The molecule has 0 unspecified atom stereocenters. The Balaban J connectivity index is 1.53. The van der Waals surface area contributed by atoms with E-state index in [1.165, 1.54) is 30.5 Å². The van der Waals surface area contributed by atoms with Crippen LogP contribution in [0.4, 0.5) is 0 Å². The maximum Gasteiger partial charge on any atom is 0.338 e. The highest BCUT2D eigenvalue weighted by molar-refractivity contribution is 5.91. The molecule has 2 heterocycles. The lowest BCUT2D eigenvalue weighted by molar-refractivity contribution is -0.0636. The molecule has 0 saturated carbocycles. The lowest BCUT2D eigenvalue weighted by Crippen LogP contribution is -2.43. The molecule has 4 atom stereocenters. The first-order valence-electron chi connectivity index (χ1n) is 13.1. The lowest BCUT2D eigenvalue weighted by atomic mass is 10.1. The molecule has 1 aliphatic rings. The Morgan fingerprint density at radius 1 is 0.744 bits per heavy atom. The molecule has 1 saturated heterocycles. The molecule has 3 aromatic carbocycles. The predicted molar refractivity (Wildman–Crippen MR) is 149 cm³/mol. The van der Waals surface area contributed by atoms with Crippen molar-refractivity contribution in [3.8, 4) is 0 Å². The van der Waals surface area contributed by atoms with Crippen molar-refractivity contribution in [2.45, 2.75) is 24.5 Å². The van der Waals surface area contributed by atoms with Crippen molar-refractivity contribution in [1.82, 2.24) is 9.55 Å². The van der Waals surface area contributed by atoms with Gasteiger partial charge in [-0.2, -0.15) is 0 Å². The zero-order valence-corrected chi connectivity index (χ0v) is 22.5. The van der Waals surface area contributed by atoms with Crippen molar-refractivity contribution in [2.24, 2.45) is 5.73 Å². The van der Waals surface area contributed by atoms with E-state index in [9.17, 15) is 24.0 Å². The second-order valence-corrected chi connectivity index (χ2v) is 9.35. The van der Waals surface area contributed by atoms with Crippen molar-refractivity contribution >= 4 is 23.8 Å². The van der Waals surface area contributed by atoms with Crippen LogP contribution in [0.5, 0.6) is 0 Å². The number of nitrogens with two attached hydrogens (primary N) is 1. The standard InChI is InChI=1S/C31H25N3O9/c32-26(35)23-27(36)34(17-16-33-23)28-25(43-31(39)21-14-8-3-9-15-21)24(42-30(38)20-12-6-2-7-13-20)22(41-28)18-40-29(37)19-10-4-1-5-11-19/h1-17,22,24-25,28H,18H2,(H2,32,35)/t22-,24+,25+,28-/m1/s1. The number of carbonyl (C=O) groups is 4. The molecule has 1 aromatic heterocycles. The molecule has 1 amide bonds. The highest BCUT2D eigenvalue weighted by atomic mass is 16.7. The maximum absolute atomic E-state index is 13.2. The molecule has 5 rings (SSSR count). The van der Waals surface area contributed by atoms with Crippen LogP contribution in [-0.2, 0) is 18.9 Å². The smallest absolute Gasteiger partial charge is 0.338 e. The topological polar surface area (TPSA) is 166 Å². The van der Waals surface area contributed by atoms with E-state index in [1.807, 2.05) is 0 Å². The molecule has 2 N–H and O–H groups in total. The summed E-state index contributed by atoms with van der Waals surface area (Å²) in [7, 11) is 0. The van der Waals surface area contributed by atoms with Crippen LogP contribution in [0.2, 0.25) is 0 Å². The first kappa shape index (κ1) is 28.9. The van der Waals surface area contributed by atoms with Gasteiger partial charge in [-0.25, -0.2) is 19.4 Å². The Kier molecular flexibility index (Phi) is 8.68. The minimum Gasteiger partial charge on any atom is -0.459 e. The van der Waals surface area contributed by atoms with E-state index in [4.69, 9.17) is 24.7 Å². The van der Waals surface area contributed by atoms with Crippen LogP contribution in [0.1, 0.15) is 47.8 Å². The number of primary amides is 1. The average Bonchev–Trinajstić information content (AvgIpc) is 3.36. The molecule has 12 nitrogen and oxygen atoms in total. The van der Waals surface area contributed by atoms with Gasteiger partial charge in [0.05, 0.1) is 16.7 Å². The molecular weight excluding hydrogens is 558 g/mol. The van der Waals surface area contributed by atoms with Crippen LogP contribution in [0.3, 0.4) is 0 Å². The molecule has 1 aliphatic heterocycles. The molecule has 43 heavy (non-hydrogen) atoms. The number of aromatic nitrogens is 2. The van der Waals surface area contributed by atoms with Crippen molar-refractivity contribution in [3.63, 3.8) is 0 Å². The van der Waals surface area contributed by atoms with Gasteiger partial charge in [-0.05, 0) is 36.4 Å². The zero-order valence-electron chi connectivity index (χ0n) is 22.5. The van der Waals surface area contributed by atoms with Gasteiger partial charge in [0, 0.05) is 12.4 Å². The van der Waals surface area contributed by atoms with Crippen molar-refractivity contribution in [1.29, 1.82) is 0 Å². The quantitative estimate of drug-likeness (QED) is 0.229. The second-order valence-electron chi connectivity index (χ2n) is 9.35. The van der Waals surface area contributed by atoms with E-state index >= 15 is 0 Å². The molecular formula is C31H25N3O9. The third kappa shape index (κ3) is 6.49. The minimum absolute atomic E-state index is 0.174. The second kappa shape index (κ2) is 12.9. The molecule has 4 aromatic rings. The molecule has 0 aliphatic carbocycles. The van der Waals surface area contributed by atoms with Crippen LogP contribution in [0.15, 0.2) is 108 Å². The number of rotatable bonds is 9. The van der Waals surface area contributed by atoms with Crippen LogP contribution in [0.25, 0.3) is 0 Å². The summed E-state index contributed by atoms with van der Waals surface area (Å²) in [5.41, 5.74) is 4.43. The van der Waals surface area contributed by atoms with E-state index in [0.29, 0.717) is 0 Å². The molecule has 218 valence electrons. The number of carbonyl (C=O) groups excluding carboxylic acids is 4. The van der Waals surface area contributed by atoms with Gasteiger partial charge in [-0.15, -0.1) is 0 Å². The van der Waals surface area contributed by atoms with E-state index in [2.05, 4.69) is 4.98 Å². The summed E-state index contributed by atoms with van der Waals surface area (Å²) in [4.78, 5) is 67.9. The van der Waals surface area contributed by atoms with Crippen molar-refractivity contribution < 1.29 is 38.1 Å². The van der Waals surface area contributed by atoms with Crippen LogP contribution >= 0.6 is 0 Å². The fourth-order valence-corrected chi connectivity index (χ4v) is 4.48. The van der Waals surface area contributed by atoms with Gasteiger partial charge in [-0.1, -0.05) is 54.6 Å². The maximum atomic E-state index is 13.2. The number of amides is 1. The van der Waals surface area contributed by atoms with Gasteiger partial charge >= 0.3 is 17.9 Å². The summed E-state index contributed by atoms with van der Waals surface area (Å²) in [6.45, 7) is -0.446. The molecule has 0 bridgehead atoms. The summed E-state index contributed by atoms with van der Waals surface area (Å²) >= 11 is 0. The summed E-state index contributed by atoms with van der Waals surface area (Å²) in [6, 6.07) is 24.2. The van der Waals surface area contributed by atoms with Crippen molar-refractivity contribution in [2.75, 3.05) is 6.61 Å². The number of hydrogen-bond acceptors (Lipinski definition) is 10. The van der Waals surface area contributed by atoms with Gasteiger partial charge in [-0.3, -0.25) is 14.2 Å². The third-order valence-corrected chi connectivity index (χ3v) is 6.55. The van der Waals surface area contributed by atoms with Gasteiger partial charge in [0.15, 0.2) is 24.1 Å². The Bertz CT molecular complexity index is 1680. The predicted octanol–water partition coefficient (Wildman–Crippen LogP) is 2.55. The summed E-state index contributed by atoms with van der Waals surface area (Å²) in [6.07, 6.45) is -3.11. The third-order valence-electron chi connectivity index (χ3n) is 6.55. The first-order chi connectivity index (χ1) is 20.8. The van der Waals surface area contributed by atoms with Gasteiger partial charge in [0.2, 0.25) is 0 Å². The molecule has 12 heteroatoms. The Labute approximate surface area is 244 Å². The highest BCUT2D eigenvalue weighted by Gasteiger charge is 2.51. The first-order valence-corrected chi connectivity index (χ1v) is 13.1. The summed E-state index contributed by atoms with van der Waals surface area (Å²) in [5.74, 6) is -3.36. The number of nitrogens with zero attached hydrogens (tertiary/aromatic N) is 2. The Hall–Kier alpha value is -5.62. The van der Waals surface area contributed by atoms with Gasteiger partial charge in [0.1, 0.15) is 12.7 Å². The van der Waals surface area contributed by atoms with E-state index in [0.717, 1.165) is 10.8 Å². The monoisotopic (exact) mass is 583 g/mol. The highest BCUT2D eigenvalue weighted by Crippen LogP contribution is 2.35. The number of benzene rings is 3. The van der Waals surface area contributed by atoms with Crippen LogP contribution < -0.4 is 11.3 Å². The normalized spacial score (nSPS) is 19.3. The number of hydrogen-bond donors (Lipinski definition) is 1. The van der Waals surface area contributed by atoms with E-state index < -0.39 is 66.2 Å². The van der Waals surface area contributed by atoms with E-state index in [-0.39, 0.29) is 16.7 Å². The molecule has 0 spiro atoms. The largest absolute Gasteiger partial charge is 0.459 e. The van der Waals surface area contributed by atoms with Gasteiger partial charge < -0.3 is 24.7 Å². The van der Waals surface area contributed by atoms with Gasteiger partial charge in [0.25, 0.3) is 11.5 Å².